The van der Waals surface area contributed by atoms with E-state index < -0.39 is 0 Å². The molecule has 1 aliphatic rings. The zero-order chi connectivity index (χ0) is 23.5. The number of hydrogen-bond acceptors (Lipinski definition) is 7. The molecule has 0 saturated carbocycles. The van der Waals surface area contributed by atoms with Crippen molar-refractivity contribution < 1.29 is 9.47 Å². The first-order chi connectivity index (χ1) is 16.7. The lowest BCUT2D eigenvalue weighted by atomic mass is 10.1. The third-order valence-corrected chi connectivity index (χ3v) is 6.14. The van der Waals surface area contributed by atoms with Crippen LogP contribution < -0.4 is 9.64 Å². The Balaban J connectivity index is 1.47. The normalized spacial score (nSPS) is 14.1. The summed E-state index contributed by atoms with van der Waals surface area (Å²) in [5.74, 6) is 1.24. The number of anilines is 1. The van der Waals surface area contributed by atoms with Gasteiger partial charge in [-0.05, 0) is 49.4 Å². The predicted octanol–water partition coefficient (Wildman–Crippen LogP) is 4.57. The van der Waals surface area contributed by atoms with E-state index in [1.165, 1.54) is 0 Å². The van der Waals surface area contributed by atoms with Crippen LogP contribution in [0, 0.1) is 11.3 Å². The second-order valence-electron chi connectivity index (χ2n) is 8.29. The maximum Gasteiger partial charge on any atom is 0.183 e. The monoisotopic (exact) mass is 454 g/mol. The maximum atomic E-state index is 9.71. The number of hydrogen-bond donors (Lipinski definition) is 1. The van der Waals surface area contributed by atoms with E-state index in [2.05, 4.69) is 52.0 Å². The van der Waals surface area contributed by atoms with E-state index in [1.807, 2.05) is 30.3 Å². The Bertz CT molecular complexity index is 1340. The molecule has 4 aromatic rings. The number of rotatable bonds is 6. The molecule has 5 rings (SSSR count). The molecule has 3 aromatic heterocycles. The summed E-state index contributed by atoms with van der Waals surface area (Å²) in [7, 11) is 2.06. The van der Waals surface area contributed by atoms with Crippen LogP contribution in [0.2, 0.25) is 0 Å². The lowest BCUT2D eigenvalue weighted by Gasteiger charge is -2.23. The summed E-state index contributed by atoms with van der Waals surface area (Å²) in [6.45, 7) is 4.41. The average Bonchev–Trinajstić information content (AvgIpc) is 3.34. The van der Waals surface area contributed by atoms with Crippen molar-refractivity contribution in [3.05, 3.63) is 54.4 Å². The Labute approximate surface area is 198 Å². The Morgan fingerprint density at radius 3 is 2.65 bits per heavy atom. The molecule has 0 unspecified atom stereocenters. The number of nitrogens with zero attached hydrogens (tertiary/aromatic N) is 5. The molecule has 8 nitrogen and oxygen atoms in total. The molecule has 4 heterocycles. The van der Waals surface area contributed by atoms with E-state index in [-0.39, 0.29) is 11.8 Å². The highest BCUT2D eigenvalue weighted by molar-refractivity contribution is 5.90. The zero-order valence-corrected chi connectivity index (χ0v) is 19.3. The van der Waals surface area contributed by atoms with Gasteiger partial charge in [0.2, 0.25) is 0 Å². The van der Waals surface area contributed by atoms with Gasteiger partial charge in [0.05, 0.1) is 18.9 Å². The van der Waals surface area contributed by atoms with E-state index in [0.29, 0.717) is 35.8 Å². The topological polar surface area (TPSA) is 100.0 Å². The molecule has 172 valence electrons. The highest BCUT2D eigenvalue weighted by Crippen LogP contribution is 2.30. The van der Waals surface area contributed by atoms with Crippen LogP contribution in [-0.4, -0.2) is 52.8 Å². The van der Waals surface area contributed by atoms with Crippen LogP contribution in [0.4, 0.5) is 5.69 Å². The third-order valence-electron chi connectivity index (χ3n) is 6.14. The fourth-order valence-electron chi connectivity index (χ4n) is 4.06. The molecule has 0 radical (unpaired) electrons. The Morgan fingerprint density at radius 2 is 1.91 bits per heavy atom. The van der Waals surface area contributed by atoms with Gasteiger partial charge >= 0.3 is 0 Å². The molecule has 1 N–H and O–H groups in total. The second-order valence-corrected chi connectivity index (χ2v) is 8.29. The molecule has 0 aliphatic carbocycles. The number of benzene rings is 1. The number of aromatic nitrogens is 4. The van der Waals surface area contributed by atoms with Crippen LogP contribution >= 0.6 is 0 Å². The number of ether oxygens (including phenoxy) is 2. The van der Waals surface area contributed by atoms with Crippen LogP contribution in [0.5, 0.6) is 5.75 Å². The highest BCUT2D eigenvalue weighted by Gasteiger charge is 2.19. The number of H-pyrrole nitrogens is 1. The van der Waals surface area contributed by atoms with E-state index >= 15 is 0 Å². The molecule has 0 spiro atoms. The van der Waals surface area contributed by atoms with Crippen molar-refractivity contribution in [2.24, 2.45) is 0 Å². The first kappa shape index (κ1) is 21.9. The van der Waals surface area contributed by atoms with Crippen molar-refractivity contribution in [1.82, 2.24) is 19.9 Å². The van der Waals surface area contributed by atoms with Gasteiger partial charge in [-0.3, -0.25) is 0 Å². The lowest BCUT2D eigenvalue weighted by molar-refractivity contribution is 0.0253. The molecule has 34 heavy (non-hydrogen) atoms. The number of aromatic amines is 1. The molecule has 0 bridgehead atoms. The second kappa shape index (κ2) is 9.49. The number of nitriles is 1. The van der Waals surface area contributed by atoms with Crippen molar-refractivity contribution >= 4 is 16.9 Å². The minimum Gasteiger partial charge on any atom is -0.487 e. The molecule has 8 heteroatoms. The van der Waals surface area contributed by atoms with Crippen molar-refractivity contribution in [3.8, 4) is 34.5 Å². The molecule has 0 atom stereocenters. The summed E-state index contributed by atoms with van der Waals surface area (Å²) in [6, 6.07) is 16.0. The Hall–Kier alpha value is -3.96. The molecule has 1 aliphatic heterocycles. The molecule has 1 aromatic carbocycles. The Kier molecular flexibility index (Phi) is 6.11. The fourth-order valence-corrected chi connectivity index (χ4v) is 4.06. The van der Waals surface area contributed by atoms with Gasteiger partial charge in [0.25, 0.3) is 0 Å². The summed E-state index contributed by atoms with van der Waals surface area (Å²) >= 11 is 0. The van der Waals surface area contributed by atoms with Crippen molar-refractivity contribution in [2.45, 2.75) is 25.9 Å². The number of imidazole rings is 1. The number of nitrogens with one attached hydrogen (secondary N) is 1. The van der Waals surface area contributed by atoms with Crippen molar-refractivity contribution in [2.75, 3.05) is 31.7 Å². The van der Waals surface area contributed by atoms with Gasteiger partial charge in [0.1, 0.15) is 23.5 Å². The summed E-state index contributed by atoms with van der Waals surface area (Å²) in [5, 5.41) is 9.71. The highest BCUT2D eigenvalue weighted by atomic mass is 16.5. The molecule has 1 saturated heterocycles. The summed E-state index contributed by atoms with van der Waals surface area (Å²) < 4.78 is 11.4. The van der Waals surface area contributed by atoms with Crippen LogP contribution in [0.15, 0.2) is 48.7 Å². The van der Waals surface area contributed by atoms with Crippen molar-refractivity contribution in [1.29, 1.82) is 5.26 Å². The summed E-state index contributed by atoms with van der Waals surface area (Å²) in [4.78, 5) is 19.4. The minimum atomic E-state index is 0.0403. The van der Waals surface area contributed by atoms with Gasteiger partial charge in [-0.25, -0.2) is 15.0 Å². The molecule has 1 fully saturated rings. The van der Waals surface area contributed by atoms with Crippen LogP contribution in [0.3, 0.4) is 0 Å². The standard InChI is InChI=1S/C26H26N6O2/c1-3-32(2)18-6-4-17(5-7-18)25-30-24-20(10-13-28-26(24)31-25)21-8-9-23(22(16-27)29-21)34-19-11-14-33-15-12-19/h4-10,13,19H,3,11-12,14-15H2,1-2H3,(H,28,30,31). The maximum absolute atomic E-state index is 9.71. The fraction of sp³-hybridized carbons (Fsp3) is 0.308. The van der Waals surface area contributed by atoms with Crippen LogP contribution in [-0.2, 0) is 4.74 Å². The quantitative estimate of drug-likeness (QED) is 0.455. The largest absolute Gasteiger partial charge is 0.487 e. The smallest absolute Gasteiger partial charge is 0.183 e. The first-order valence-electron chi connectivity index (χ1n) is 11.5. The van der Waals surface area contributed by atoms with E-state index in [4.69, 9.17) is 14.5 Å². The zero-order valence-electron chi connectivity index (χ0n) is 19.3. The summed E-state index contributed by atoms with van der Waals surface area (Å²) in [6.07, 6.45) is 3.38. The van der Waals surface area contributed by atoms with Gasteiger partial charge in [0.15, 0.2) is 17.1 Å². The SMILES string of the molecule is CCN(C)c1ccc(-c2nc3c(-c4ccc(OC5CCOCC5)c(C#N)n4)ccnc3[nH]2)cc1. The van der Waals surface area contributed by atoms with E-state index in [9.17, 15) is 5.26 Å². The van der Waals surface area contributed by atoms with Gasteiger partial charge in [-0.2, -0.15) is 5.26 Å². The van der Waals surface area contributed by atoms with Gasteiger partial charge in [0, 0.05) is 49.4 Å². The van der Waals surface area contributed by atoms with Crippen LogP contribution in [0.1, 0.15) is 25.5 Å². The van der Waals surface area contributed by atoms with Gasteiger partial charge in [-0.15, -0.1) is 0 Å². The van der Waals surface area contributed by atoms with Crippen molar-refractivity contribution in [3.63, 3.8) is 0 Å². The Morgan fingerprint density at radius 1 is 1.12 bits per heavy atom. The number of pyridine rings is 2. The van der Waals surface area contributed by atoms with E-state index in [0.717, 1.165) is 42.0 Å². The predicted molar refractivity (Wildman–Crippen MR) is 131 cm³/mol. The minimum absolute atomic E-state index is 0.0403. The third kappa shape index (κ3) is 4.30. The van der Waals surface area contributed by atoms with E-state index in [1.54, 1.807) is 6.20 Å². The van der Waals surface area contributed by atoms with Crippen LogP contribution in [0.25, 0.3) is 33.8 Å². The molecular formula is C26H26N6O2. The molecule has 0 amide bonds. The average molecular weight is 455 g/mol. The van der Waals surface area contributed by atoms with Gasteiger partial charge in [-0.1, -0.05) is 0 Å². The summed E-state index contributed by atoms with van der Waals surface area (Å²) in [5.41, 5.74) is 5.23. The molecular weight excluding hydrogens is 428 g/mol. The lowest BCUT2D eigenvalue weighted by Crippen LogP contribution is -2.26. The van der Waals surface area contributed by atoms with Gasteiger partial charge < -0.3 is 19.4 Å². The number of fused-ring (bicyclic) bond motifs is 1. The first-order valence-corrected chi connectivity index (χ1v) is 11.5.